The largest absolute Gasteiger partial charge is 0.356 e. The van der Waals surface area contributed by atoms with E-state index in [1.54, 1.807) is 0 Å². The highest BCUT2D eigenvalue weighted by molar-refractivity contribution is 6.30. The van der Waals surface area contributed by atoms with E-state index in [0.29, 0.717) is 19.4 Å². The molecule has 2 aromatic carbocycles. The number of aromatic nitrogens is 2. The Labute approximate surface area is 194 Å². The Hall–Kier alpha value is -3.11. The predicted octanol–water partition coefficient (Wildman–Crippen LogP) is 6.40. The van der Waals surface area contributed by atoms with Gasteiger partial charge in [-0.3, -0.25) is 4.79 Å². The molecule has 1 amide bonds. The molecule has 0 bridgehead atoms. The van der Waals surface area contributed by atoms with Crippen LogP contribution in [0.5, 0.6) is 0 Å². The molecule has 2 aromatic heterocycles. The molecule has 0 unspecified atom stereocenters. The lowest BCUT2D eigenvalue weighted by Crippen LogP contribution is -2.24. The second-order valence-corrected chi connectivity index (χ2v) is 8.66. The van der Waals surface area contributed by atoms with Gasteiger partial charge in [0.15, 0.2) is 0 Å². The Morgan fingerprint density at radius 1 is 1.03 bits per heavy atom. The molecule has 0 radical (unpaired) electrons. The summed E-state index contributed by atoms with van der Waals surface area (Å²) in [5.41, 5.74) is 8.47. The fourth-order valence-corrected chi connectivity index (χ4v) is 4.20. The van der Waals surface area contributed by atoms with Crippen LogP contribution in [0.3, 0.4) is 0 Å². The third-order valence-corrected chi connectivity index (χ3v) is 5.94. The van der Waals surface area contributed by atoms with E-state index in [9.17, 15) is 4.79 Å². The number of imidazole rings is 1. The van der Waals surface area contributed by atoms with Gasteiger partial charge in [0.25, 0.3) is 0 Å². The lowest BCUT2D eigenvalue weighted by Gasteiger charge is -2.10. The maximum Gasteiger partial charge on any atom is 0.220 e. The minimum atomic E-state index is 0.0707. The van der Waals surface area contributed by atoms with E-state index in [0.717, 1.165) is 50.7 Å². The van der Waals surface area contributed by atoms with Crippen LogP contribution in [0.15, 0.2) is 60.8 Å². The van der Waals surface area contributed by atoms with Gasteiger partial charge in [-0.2, -0.15) is 0 Å². The number of carbonyl (C=O) groups is 1. The van der Waals surface area contributed by atoms with Gasteiger partial charge in [0.05, 0.1) is 11.4 Å². The van der Waals surface area contributed by atoms with Crippen LogP contribution in [-0.2, 0) is 11.2 Å². The molecule has 0 fully saturated rings. The van der Waals surface area contributed by atoms with Crippen LogP contribution < -0.4 is 5.32 Å². The molecule has 0 saturated heterocycles. The Kier molecular flexibility index (Phi) is 6.61. The number of hydrogen-bond donors (Lipinski definition) is 1. The van der Waals surface area contributed by atoms with Crippen LogP contribution >= 0.6 is 11.6 Å². The van der Waals surface area contributed by atoms with Gasteiger partial charge in [-0.05, 0) is 67.6 Å². The number of nitrogens with zero attached hydrogens (tertiary/aromatic N) is 2. The lowest BCUT2D eigenvalue weighted by atomic mass is 10.0. The van der Waals surface area contributed by atoms with Crippen molar-refractivity contribution < 1.29 is 4.79 Å². The summed E-state index contributed by atoms with van der Waals surface area (Å²) < 4.78 is 2.13. The first-order valence-electron chi connectivity index (χ1n) is 11.1. The summed E-state index contributed by atoms with van der Waals surface area (Å²) in [5, 5.41) is 3.71. The van der Waals surface area contributed by atoms with E-state index in [4.69, 9.17) is 16.6 Å². The van der Waals surface area contributed by atoms with Crippen molar-refractivity contribution in [3.63, 3.8) is 0 Å². The van der Waals surface area contributed by atoms with Gasteiger partial charge in [-0.15, -0.1) is 0 Å². The number of hydrogen-bond acceptors (Lipinski definition) is 2. The number of fused-ring (bicyclic) bond motifs is 1. The Morgan fingerprint density at radius 2 is 1.78 bits per heavy atom. The molecule has 1 N–H and O–H groups in total. The monoisotopic (exact) mass is 445 g/mol. The van der Waals surface area contributed by atoms with Gasteiger partial charge in [0.2, 0.25) is 5.91 Å². The number of pyridine rings is 1. The van der Waals surface area contributed by atoms with Gasteiger partial charge in [0, 0.05) is 29.7 Å². The molecule has 2 heterocycles. The quantitative estimate of drug-likeness (QED) is 0.358. The fraction of sp³-hybridized carbons (Fsp3) is 0.259. The number of benzene rings is 2. The lowest BCUT2D eigenvalue weighted by molar-refractivity contribution is -0.121. The topological polar surface area (TPSA) is 46.4 Å². The molecule has 0 aliphatic rings. The molecule has 0 saturated carbocycles. The molecule has 0 aliphatic carbocycles. The van der Waals surface area contributed by atoms with Crippen LogP contribution in [0.2, 0.25) is 5.02 Å². The summed E-state index contributed by atoms with van der Waals surface area (Å²) in [6.07, 6.45) is 4.09. The molecule has 5 heteroatoms. The molecule has 0 aliphatic heterocycles. The summed E-state index contributed by atoms with van der Waals surface area (Å²) >= 11 is 6.16. The van der Waals surface area contributed by atoms with Crippen molar-refractivity contribution in [2.75, 3.05) is 6.54 Å². The first-order chi connectivity index (χ1) is 15.5. The van der Waals surface area contributed by atoms with Crippen molar-refractivity contribution in [1.82, 2.24) is 14.7 Å². The zero-order chi connectivity index (χ0) is 22.7. The molecule has 4 nitrogen and oxygen atoms in total. The summed E-state index contributed by atoms with van der Waals surface area (Å²) in [6.45, 7) is 6.90. The number of halogens is 1. The molecule has 0 atom stereocenters. The molecular formula is C27H28ClN3O. The van der Waals surface area contributed by atoms with Crippen molar-refractivity contribution in [3.8, 4) is 22.4 Å². The number of carbonyl (C=O) groups excluding carboxylic acids is 1. The molecule has 4 rings (SSSR count). The molecular weight excluding hydrogens is 418 g/mol. The van der Waals surface area contributed by atoms with Gasteiger partial charge in [-0.25, -0.2) is 4.98 Å². The minimum Gasteiger partial charge on any atom is -0.356 e. The van der Waals surface area contributed by atoms with Crippen molar-refractivity contribution in [2.45, 2.75) is 40.0 Å². The predicted molar refractivity (Wildman–Crippen MR) is 132 cm³/mol. The maximum absolute atomic E-state index is 12.3. The summed E-state index contributed by atoms with van der Waals surface area (Å²) in [4.78, 5) is 17.3. The average molecular weight is 446 g/mol. The Bertz CT molecular complexity index is 1260. The number of rotatable bonds is 7. The molecule has 4 aromatic rings. The van der Waals surface area contributed by atoms with E-state index in [-0.39, 0.29) is 5.91 Å². The van der Waals surface area contributed by atoms with Gasteiger partial charge in [-0.1, -0.05) is 54.4 Å². The SMILES string of the molecule is CCCNC(=O)CCc1c(-c2ccc(C)cc2)nc2ccc(-c3ccc(Cl)cc3C)cn12. The first kappa shape index (κ1) is 22.1. The number of aryl methyl sites for hydroxylation is 3. The number of amides is 1. The van der Waals surface area contributed by atoms with Crippen molar-refractivity contribution >= 4 is 23.2 Å². The van der Waals surface area contributed by atoms with Crippen LogP contribution in [0, 0.1) is 13.8 Å². The van der Waals surface area contributed by atoms with Crippen LogP contribution in [-0.4, -0.2) is 21.8 Å². The van der Waals surface area contributed by atoms with Gasteiger partial charge in [0.1, 0.15) is 5.65 Å². The highest BCUT2D eigenvalue weighted by atomic mass is 35.5. The highest BCUT2D eigenvalue weighted by Crippen LogP contribution is 2.30. The van der Waals surface area contributed by atoms with E-state index < -0.39 is 0 Å². The third-order valence-electron chi connectivity index (χ3n) is 5.70. The molecule has 164 valence electrons. The summed E-state index contributed by atoms with van der Waals surface area (Å²) in [6, 6.07) is 18.5. The van der Waals surface area contributed by atoms with Crippen molar-refractivity contribution in [2.24, 2.45) is 0 Å². The Morgan fingerprint density at radius 3 is 2.50 bits per heavy atom. The van der Waals surface area contributed by atoms with Crippen LogP contribution in [0.25, 0.3) is 28.0 Å². The zero-order valence-corrected chi connectivity index (χ0v) is 19.5. The van der Waals surface area contributed by atoms with E-state index >= 15 is 0 Å². The summed E-state index contributed by atoms with van der Waals surface area (Å²) in [7, 11) is 0. The molecule has 32 heavy (non-hydrogen) atoms. The number of nitrogens with one attached hydrogen (secondary N) is 1. The van der Waals surface area contributed by atoms with Crippen molar-refractivity contribution in [3.05, 3.63) is 82.6 Å². The fourth-order valence-electron chi connectivity index (χ4n) is 3.97. The third kappa shape index (κ3) is 4.71. The normalized spacial score (nSPS) is 11.1. The van der Waals surface area contributed by atoms with Gasteiger partial charge < -0.3 is 9.72 Å². The zero-order valence-electron chi connectivity index (χ0n) is 18.8. The smallest absolute Gasteiger partial charge is 0.220 e. The van der Waals surface area contributed by atoms with Crippen LogP contribution in [0.4, 0.5) is 0 Å². The standard InChI is InChI=1S/C27H28ClN3O/c1-4-15-29-26(32)14-12-24-27(20-7-5-18(2)6-8-20)30-25-13-9-21(17-31(24)25)23-11-10-22(28)16-19(23)3/h5-11,13,16-17H,4,12,14-15H2,1-3H3,(H,29,32). The first-order valence-corrected chi connectivity index (χ1v) is 11.5. The average Bonchev–Trinajstić information content (AvgIpc) is 3.14. The minimum absolute atomic E-state index is 0.0707. The van der Waals surface area contributed by atoms with Crippen LogP contribution in [0.1, 0.15) is 36.6 Å². The van der Waals surface area contributed by atoms with E-state index in [2.05, 4.69) is 73.1 Å². The molecule has 0 spiro atoms. The van der Waals surface area contributed by atoms with Crippen molar-refractivity contribution in [1.29, 1.82) is 0 Å². The highest BCUT2D eigenvalue weighted by Gasteiger charge is 2.16. The summed E-state index contributed by atoms with van der Waals surface area (Å²) in [5.74, 6) is 0.0707. The maximum atomic E-state index is 12.3. The van der Waals surface area contributed by atoms with E-state index in [1.165, 1.54) is 5.56 Å². The Balaban J connectivity index is 1.79. The van der Waals surface area contributed by atoms with E-state index in [1.807, 2.05) is 18.2 Å². The second-order valence-electron chi connectivity index (χ2n) is 8.23. The van der Waals surface area contributed by atoms with Gasteiger partial charge >= 0.3 is 0 Å². The second kappa shape index (κ2) is 9.58.